The smallest absolute Gasteiger partial charge is 0.237 e. The Balaban J connectivity index is 1.43. The number of fused-ring (bicyclic) bond motifs is 1. The van der Waals surface area contributed by atoms with Gasteiger partial charge in [-0.25, -0.2) is 4.39 Å². The zero-order valence-electron chi connectivity index (χ0n) is 17.7. The number of hydrogen-bond donors (Lipinski definition) is 2. The minimum Gasteiger partial charge on any atom is -0.389 e. The fourth-order valence-electron chi connectivity index (χ4n) is 5.95. The van der Waals surface area contributed by atoms with Gasteiger partial charge in [-0.15, -0.1) is 0 Å². The fraction of sp³-hybridized carbons (Fsp3) is 0.792. The molecule has 4 rings (SSSR count). The molecule has 4 aliphatic rings. The number of nitrogens with one attached hydrogen (secondary N) is 1. The number of carbonyl (C=O) groups is 1. The lowest BCUT2D eigenvalue weighted by Crippen LogP contribution is -2.53. The third-order valence-electron chi connectivity index (χ3n) is 7.53. The molecular weight excluding hydrogens is 367 g/mol. The van der Waals surface area contributed by atoms with E-state index >= 15 is 0 Å². The van der Waals surface area contributed by atoms with E-state index in [9.17, 15) is 14.3 Å². The van der Waals surface area contributed by atoms with Crippen molar-refractivity contribution in [2.75, 3.05) is 19.6 Å². The lowest BCUT2D eigenvalue weighted by molar-refractivity contribution is -0.133. The van der Waals surface area contributed by atoms with Gasteiger partial charge in [-0.1, -0.05) is 44.6 Å². The first-order chi connectivity index (χ1) is 14.1. The summed E-state index contributed by atoms with van der Waals surface area (Å²) >= 11 is 0. The van der Waals surface area contributed by atoms with E-state index in [0.29, 0.717) is 18.9 Å². The molecule has 3 aliphatic carbocycles. The quantitative estimate of drug-likeness (QED) is 0.727. The summed E-state index contributed by atoms with van der Waals surface area (Å²) < 4.78 is 14.2. The van der Waals surface area contributed by atoms with Crippen LogP contribution in [-0.4, -0.2) is 53.4 Å². The molecule has 0 aromatic heterocycles. The fourth-order valence-corrected chi connectivity index (χ4v) is 5.95. The van der Waals surface area contributed by atoms with Crippen LogP contribution in [0.15, 0.2) is 23.3 Å². The van der Waals surface area contributed by atoms with Gasteiger partial charge in [0, 0.05) is 19.5 Å². The molecule has 4 nitrogen and oxygen atoms in total. The Morgan fingerprint density at radius 3 is 2.66 bits per heavy atom. The number of hydrogen-bond acceptors (Lipinski definition) is 3. The highest BCUT2D eigenvalue weighted by Gasteiger charge is 2.39. The average Bonchev–Trinajstić information content (AvgIpc) is 2.73. The Kier molecular flexibility index (Phi) is 6.75. The Hall–Kier alpha value is -1.20. The molecule has 0 radical (unpaired) electrons. The number of carbonyl (C=O) groups excluding carboxylic acids is 1. The zero-order chi connectivity index (χ0) is 20.3. The molecule has 1 aliphatic heterocycles. The van der Waals surface area contributed by atoms with Crippen LogP contribution >= 0.6 is 0 Å². The van der Waals surface area contributed by atoms with E-state index in [2.05, 4.69) is 11.4 Å². The lowest BCUT2D eigenvalue weighted by atomic mass is 9.74. The number of halogens is 1. The summed E-state index contributed by atoms with van der Waals surface area (Å²) in [5.41, 5.74) is 1.69. The van der Waals surface area contributed by atoms with Crippen molar-refractivity contribution < 1.29 is 14.3 Å². The molecule has 162 valence electrons. The highest BCUT2D eigenvalue weighted by molar-refractivity contribution is 5.80. The minimum atomic E-state index is -0.923. The van der Waals surface area contributed by atoms with E-state index in [-0.39, 0.29) is 18.5 Å². The molecule has 0 bridgehead atoms. The molecule has 2 unspecified atom stereocenters. The van der Waals surface area contributed by atoms with Crippen molar-refractivity contribution in [2.45, 2.75) is 94.9 Å². The Morgan fingerprint density at radius 2 is 1.90 bits per heavy atom. The lowest BCUT2D eigenvalue weighted by Gasteiger charge is -2.45. The van der Waals surface area contributed by atoms with Gasteiger partial charge in [0.05, 0.1) is 18.2 Å². The summed E-state index contributed by atoms with van der Waals surface area (Å²) in [6.45, 7) is 1.48. The molecule has 1 heterocycles. The van der Waals surface area contributed by atoms with Crippen molar-refractivity contribution in [3.8, 4) is 0 Å². The second kappa shape index (κ2) is 9.30. The number of amides is 1. The third-order valence-corrected chi connectivity index (χ3v) is 7.53. The van der Waals surface area contributed by atoms with Crippen molar-refractivity contribution >= 4 is 5.91 Å². The molecule has 2 N–H and O–H groups in total. The molecule has 0 aromatic carbocycles. The van der Waals surface area contributed by atoms with Crippen molar-refractivity contribution in [2.24, 2.45) is 5.92 Å². The molecule has 29 heavy (non-hydrogen) atoms. The van der Waals surface area contributed by atoms with Gasteiger partial charge in [0.25, 0.3) is 0 Å². The Morgan fingerprint density at radius 1 is 1.17 bits per heavy atom. The summed E-state index contributed by atoms with van der Waals surface area (Å²) in [5.74, 6) is 0.538. The molecule has 0 aromatic rings. The summed E-state index contributed by atoms with van der Waals surface area (Å²) in [6.07, 6.45) is 15.2. The maximum absolute atomic E-state index is 14.2. The third kappa shape index (κ3) is 4.93. The number of allylic oxidation sites excluding steroid dienone is 2. The van der Waals surface area contributed by atoms with Crippen LogP contribution in [0.25, 0.3) is 0 Å². The molecule has 5 heteroatoms. The first-order valence-corrected chi connectivity index (χ1v) is 11.8. The Labute approximate surface area is 174 Å². The number of rotatable bonds is 5. The molecule has 2 saturated carbocycles. The van der Waals surface area contributed by atoms with Crippen LogP contribution in [0.2, 0.25) is 0 Å². The van der Waals surface area contributed by atoms with Gasteiger partial charge >= 0.3 is 0 Å². The van der Waals surface area contributed by atoms with E-state index in [1.807, 2.05) is 4.90 Å². The van der Waals surface area contributed by atoms with Crippen LogP contribution in [0.1, 0.15) is 77.0 Å². The van der Waals surface area contributed by atoms with Gasteiger partial charge in [-0.3, -0.25) is 4.79 Å². The van der Waals surface area contributed by atoms with Crippen molar-refractivity contribution in [1.82, 2.24) is 10.2 Å². The average molecular weight is 405 g/mol. The van der Waals surface area contributed by atoms with Crippen LogP contribution in [-0.2, 0) is 4.79 Å². The number of nitrogens with zero attached hydrogens (tertiary/aromatic N) is 1. The standard InChI is InChI=1S/C24H37FN2O2/c25-20-10-9-18-11-14-27(23(21(18)15-20)19-7-3-1-4-8-19)22(28)16-26-17-24(29)12-5-2-6-13-24/h9,15,19-20,23,26,29H,1-8,10-14,16-17H2. The van der Waals surface area contributed by atoms with Gasteiger partial charge in [-0.2, -0.15) is 0 Å². The molecule has 0 spiro atoms. The van der Waals surface area contributed by atoms with E-state index < -0.39 is 11.8 Å². The van der Waals surface area contributed by atoms with Gasteiger partial charge in [0.15, 0.2) is 0 Å². The summed E-state index contributed by atoms with van der Waals surface area (Å²) in [4.78, 5) is 15.2. The molecule has 1 amide bonds. The predicted octanol–water partition coefficient (Wildman–Crippen LogP) is 4.05. The van der Waals surface area contributed by atoms with Gasteiger partial charge in [0.2, 0.25) is 5.91 Å². The number of likely N-dealkylation sites (tertiary alicyclic amines) is 1. The van der Waals surface area contributed by atoms with Gasteiger partial charge in [0.1, 0.15) is 6.17 Å². The normalized spacial score (nSPS) is 30.3. The van der Waals surface area contributed by atoms with E-state index in [4.69, 9.17) is 0 Å². The molecular formula is C24H37FN2O2. The van der Waals surface area contributed by atoms with E-state index in [0.717, 1.165) is 57.1 Å². The van der Waals surface area contributed by atoms with E-state index in [1.165, 1.54) is 31.3 Å². The highest BCUT2D eigenvalue weighted by atomic mass is 19.1. The second-order valence-electron chi connectivity index (χ2n) is 9.67. The van der Waals surface area contributed by atoms with Gasteiger partial charge in [-0.05, 0) is 55.2 Å². The maximum Gasteiger partial charge on any atom is 0.237 e. The topological polar surface area (TPSA) is 52.6 Å². The predicted molar refractivity (Wildman–Crippen MR) is 113 cm³/mol. The summed E-state index contributed by atoms with van der Waals surface area (Å²) in [7, 11) is 0. The van der Waals surface area contributed by atoms with Crippen LogP contribution in [0.3, 0.4) is 0 Å². The largest absolute Gasteiger partial charge is 0.389 e. The molecule has 2 atom stereocenters. The minimum absolute atomic E-state index is 0.0286. The number of piperidine rings is 1. The van der Waals surface area contributed by atoms with Crippen molar-refractivity contribution in [3.63, 3.8) is 0 Å². The molecule has 3 fully saturated rings. The monoisotopic (exact) mass is 404 g/mol. The number of aliphatic hydroxyl groups is 1. The van der Waals surface area contributed by atoms with Gasteiger partial charge < -0.3 is 15.3 Å². The van der Waals surface area contributed by atoms with Crippen molar-refractivity contribution in [3.05, 3.63) is 23.3 Å². The van der Waals surface area contributed by atoms with Crippen LogP contribution < -0.4 is 5.32 Å². The van der Waals surface area contributed by atoms with Crippen molar-refractivity contribution in [1.29, 1.82) is 0 Å². The zero-order valence-corrected chi connectivity index (χ0v) is 17.7. The first-order valence-electron chi connectivity index (χ1n) is 11.8. The van der Waals surface area contributed by atoms with E-state index in [1.54, 1.807) is 6.08 Å². The second-order valence-corrected chi connectivity index (χ2v) is 9.67. The Bertz CT molecular complexity index is 647. The summed E-state index contributed by atoms with van der Waals surface area (Å²) in [5, 5.41) is 13.9. The SMILES string of the molecule is O=C(CNCC1(O)CCCCC1)N1CCC2=CCC(F)C=C2C1C1CCCCC1. The van der Waals surface area contributed by atoms with Crippen LogP contribution in [0.4, 0.5) is 4.39 Å². The maximum atomic E-state index is 14.2. The van der Waals surface area contributed by atoms with Crippen LogP contribution in [0, 0.1) is 5.92 Å². The number of alkyl halides is 1. The highest BCUT2D eigenvalue weighted by Crippen LogP contribution is 2.41. The first kappa shape index (κ1) is 21.0. The van der Waals surface area contributed by atoms with Crippen LogP contribution in [0.5, 0.6) is 0 Å². The molecule has 1 saturated heterocycles. The summed E-state index contributed by atoms with van der Waals surface area (Å²) in [6, 6.07) is 0.0286.